The van der Waals surface area contributed by atoms with E-state index >= 15 is 0 Å². The minimum atomic E-state index is -4.65. The Kier molecular flexibility index (Phi) is 6.89. The number of alkyl halides is 3. The van der Waals surface area contributed by atoms with E-state index in [-0.39, 0.29) is 12.4 Å². The summed E-state index contributed by atoms with van der Waals surface area (Å²) in [6, 6.07) is 6.62. The second-order valence-electron chi connectivity index (χ2n) is 6.26. The number of aliphatic hydroxyl groups excluding tert-OH is 1. The molecule has 0 aliphatic carbocycles. The molecular weight excluding hydrogens is 321 g/mol. The summed E-state index contributed by atoms with van der Waals surface area (Å²) in [5.74, 6) is -0.185. The third-order valence-electron chi connectivity index (χ3n) is 4.41. The van der Waals surface area contributed by atoms with Crippen molar-refractivity contribution in [1.82, 2.24) is 9.80 Å². The Bertz CT molecular complexity index is 486. The van der Waals surface area contributed by atoms with Crippen molar-refractivity contribution in [3.8, 4) is 5.75 Å². The number of hydrogen-bond donors (Lipinski definition) is 1. The van der Waals surface area contributed by atoms with Crippen molar-refractivity contribution < 1.29 is 23.0 Å². The zero-order chi connectivity index (χ0) is 17.6. The Morgan fingerprint density at radius 1 is 1.21 bits per heavy atom. The molecule has 0 saturated carbocycles. The first-order chi connectivity index (χ1) is 11.4. The predicted octanol–water partition coefficient (Wildman–Crippen LogP) is 2.86. The summed E-state index contributed by atoms with van der Waals surface area (Å²) in [6.07, 6.45) is -1.72. The quantitative estimate of drug-likeness (QED) is 0.824. The Balaban J connectivity index is 1.77. The summed E-state index contributed by atoms with van der Waals surface area (Å²) in [7, 11) is 2.09. The van der Waals surface area contributed by atoms with E-state index in [0.717, 1.165) is 51.0 Å². The van der Waals surface area contributed by atoms with Crippen molar-refractivity contribution in [3.05, 3.63) is 29.8 Å². The van der Waals surface area contributed by atoms with Crippen LogP contribution in [0, 0.1) is 0 Å². The minimum absolute atomic E-state index is 0.185. The number of rotatable bonds is 7. The lowest BCUT2D eigenvalue weighted by Gasteiger charge is -2.36. The van der Waals surface area contributed by atoms with Crippen LogP contribution in [0.5, 0.6) is 5.75 Å². The van der Waals surface area contributed by atoms with Crippen LogP contribution in [0.3, 0.4) is 0 Å². The van der Waals surface area contributed by atoms with E-state index in [1.165, 1.54) is 12.1 Å². The molecule has 0 atom stereocenters. The van der Waals surface area contributed by atoms with E-state index in [1.807, 2.05) is 0 Å². The summed E-state index contributed by atoms with van der Waals surface area (Å²) in [5.41, 5.74) is 0.983. The van der Waals surface area contributed by atoms with E-state index in [9.17, 15) is 13.2 Å². The summed E-state index contributed by atoms with van der Waals surface area (Å²) in [5, 5.41) is 8.90. The fraction of sp³-hybridized carbons (Fsp3) is 0.647. The van der Waals surface area contributed by atoms with Crippen LogP contribution in [0.4, 0.5) is 13.2 Å². The van der Waals surface area contributed by atoms with E-state index in [2.05, 4.69) is 21.6 Å². The van der Waals surface area contributed by atoms with E-state index in [4.69, 9.17) is 5.11 Å². The second kappa shape index (κ2) is 8.69. The summed E-state index contributed by atoms with van der Waals surface area (Å²) in [6.45, 7) is 3.79. The highest BCUT2D eigenvalue weighted by atomic mass is 19.4. The van der Waals surface area contributed by atoms with Gasteiger partial charge in [0.15, 0.2) is 0 Å². The highest BCUT2D eigenvalue weighted by Gasteiger charge is 2.31. The van der Waals surface area contributed by atoms with Gasteiger partial charge in [0.25, 0.3) is 0 Å². The molecule has 1 aromatic carbocycles. The number of aliphatic hydroxyl groups is 1. The van der Waals surface area contributed by atoms with Gasteiger partial charge in [-0.2, -0.15) is 0 Å². The van der Waals surface area contributed by atoms with Crippen LogP contribution in [-0.4, -0.2) is 60.6 Å². The first kappa shape index (κ1) is 19.0. The van der Waals surface area contributed by atoms with Gasteiger partial charge in [-0.3, -0.25) is 4.90 Å². The van der Waals surface area contributed by atoms with Crippen LogP contribution in [0.1, 0.15) is 24.8 Å². The molecule has 136 valence electrons. The lowest BCUT2D eigenvalue weighted by Crippen LogP contribution is -2.43. The van der Waals surface area contributed by atoms with Crippen LogP contribution in [0.25, 0.3) is 0 Å². The summed E-state index contributed by atoms with van der Waals surface area (Å²) < 4.78 is 40.3. The molecule has 1 aliphatic heterocycles. The van der Waals surface area contributed by atoms with E-state index < -0.39 is 6.36 Å². The maximum Gasteiger partial charge on any atom is 0.573 e. The number of ether oxygens (including phenoxy) is 1. The van der Waals surface area contributed by atoms with Gasteiger partial charge < -0.3 is 14.7 Å². The molecule has 0 bridgehead atoms. The molecule has 0 unspecified atom stereocenters. The van der Waals surface area contributed by atoms with Crippen molar-refractivity contribution in [3.63, 3.8) is 0 Å². The Labute approximate surface area is 140 Å². The number of benzene rings is 1. The van der Waals surface area contributed by atoms with Gasteiger partial charge in [-0.15, -0.1) is 13.2 Å². The van der Waals surface area contributed by atoms with Gasteiger partial charge in [0.05, 0.1) is 0 Å². The fourth-order valence-corrected chi connectivity index (χ4v) is 3.08. The van der Waals surface area contributed by atoms with Gasteiger partial charge in [0.1, 0.15) is 5.75 Å². The molecule has 7 heteroatoms. The zero-order valence-electron chi connectivity index (χ0n) is 13.9. The van der Waals surface area contributed by atoms with Crippen LogP contribution >= 0.6 is 0 Å². The SMILES string of the molecule is CN(CCCO)C1CCN(Cc2ccc(OC(F)(F)F)cc2)CC1. The summed E-state index contributed by atoms with van der Waals surface area (Å²) >= 11 is 0. The average molecular weight is 346 g/mol. The second-order valence-corrected chi connectivity index (χ2v) is 6.26. The van der Waals surface area contributed by atoms with Gasteiger partial charge >= 0.3 is 6.36 Å². The summed E-state index contributed by atoms with van der Waals surface area (Å²) in [4.78, 5) is 4.62. The molecule has 1 N–H and O–H groups in total. The standard InChI is InChI=1S/C17H25F3N2O2/c1-21(9-2-12-23)15-7-10-22(11-8-15)13-14-3-5-16(6-4-14)24-17(18,19)20/h3-6,15,23H,2,7-13H2,1H3. The van der Waals surface area contributed by atoms with Crippen molar-refractivity contribution in [1.29, 1.82) is 0 Å². The van der Waals surface area contributed by atoms with Crippen LogP contribution in [0.15, 0.2) is 24.3 Å². The van der Waals surface area contributed by atoms with Crippen molar-refractivity contribution in [2.75, 3.05) is 33.3 Å². The number of halogens is 3. The maximum atomic E-state index is 12.1. The van der Waals surface area contributed by atoms with Gasteiger partial charge in [-0.1, -0.05) is 12.1 Å². The van der Waals surface area contributed by atoms with Crippen LogP contribution in [-0.2, 0) is 6.54 Å². The molecule has 1 aliphatic rings. The molecule has 1 fully saturated rings. The Morgan fingerprint density at radius 2 is 1.83 bits per heavy atom. The normalized spacial score (nSPS) is 17.4. The predicted molar refractivity (Wildman–Crippen MR) is 85.8 cm³/mol. The highest BCUT2D eigenvalue weighted by molar-refractivity contribution is 5.27. The van der Waals surface area contributed by atoms with Crippen LogP contribution in [0.2, 0.25) is 0 Å². The number of piperidine rings is 1. The molecular formula is C17H25F3N2O2. The average Bonchev–Trinajstić information content (AvgIpc) is 2.54. The smallest absolute Gasteiger partial charge is 0.406 e. The fourth-order valence-electron chi connectivity index (χ4n) is 3.08. The third kappa shape index (κ3) is 6.30. The topological polar surface area (TPSA) is 35.9 Å². The molecule has 0 aromatic heterocycles. The lowest BCUT2D eigenvalue weighted by atomic mass is 10.0. The van der Waals surface area contributed by atoms with Gasteiger partial charge in [-0.05, 0) is 57.1 Å². The molecule has 24 heavy (non-hydrogen) atoms. The van der Waals surface area contributed by atoms with Gasteiger partial charge in [0, 0.05) is 25.7 Å². The van der Waals surface area contributed by atoms with E-state index in [0.29, 0.717) is 6.04 Å². The van der Waals surface area contributed by atoms with Gasteiger partial charge in [-0.25, -0.2) is 0 Å². The molecule has 0 spiro atoms. The number of hydrogen-bond acceptors (Lipinski definition) is 4. The maximum absolute atomic E-state index is 12.1. The molecule has 0 amide bonds. The van der Waals surface area contributed by atoms with Gasteiger partial charge in [0.2, 0.25) is 0 Å². The molecule has 0 radical (unpaired) electrons. The lowest BCUT2D eigenvalue weighted by molar-refractivity contribution is -0.274. The zero-order valence-corrected chi connectivity index (χ0v) is 13.9. The number of nitrogens with zero attached hydrogens (tertiary/aromatic N) is 2. The molecule has 1 heterocycles. The first-order valence-corrected chi connectivity index (χ1v) is 8.25. The third-order valence-corrected chi connectivity index (χ3v) is 4.41. The minimum Gasteiger partial charge on any atom is -0.406 e. The molecule has 1 saturated heterocycles. The van der Waals surface area contributed by atoms with E-state index in [1.54, 1.807) is 12.1 Å². The largest absolute Gasteiger partial charge is 0.573 e. The molecule has 4 nitrogen and oxygen atoms in total. The number of likely N-dealkylation sites (tertiary alicyclic amines) is 1. The highest BCUT2D eigenvalue weighted by Crippen LogP contribution is 2.24. The van der Waals surface area contributed by atoms with Crippen molar-refractivity contribution in [2.24, 2.45) is 0 Å². The van der Waals surface area contributed by atoms with Crippen molar-refractivity contribution >= 4 is 0 Å². The molecule has 1 aromatic rings. The Morgan fingerprint density at radius 3 is 2.38 bits per heavy atom. The van der Waals surface area contributed by atoms with Crippen molar-refractivity contribution in [2.45, 2.75) is 38.2 Å². The van der Waals surface area contributed by atoms with Crippen LogP contribution < -0.4 is 4.74 Å². The monoisotopic (exact) mass is 346 g/mol. The Hall–Kier alpha value is -1.31. The first-order valence-electron chi connectivity index (χ1n) is 8.25. The molecule has 2 rings (SSSR count).